The average molecular weight is 247 g/mol. The van der Waals surface area contributed by atoms with Gasteiger partial charge in [-0.3, -0.25) is 4.79 Å². The van der Waals surface area contributed by atoms with E-state index in [0.29, 0.717) is 11.8 Å². The van der Waals surface area contributed by atoms with Gasteiger partial charge in [0.1, 0.15) is 0 Å². The van der Waals surface area contributed by atoms with Gasteiger partial charge in [-0.15, -0.1) is 12.4 Å². The third kappa shape index (κ3) is 3.36. The number of nitrogens with one attached hydrogen (secondary N) is 1. The summed E-state index contributed by atoms with van der Waals surface area (Å²) in [6.07, 6.45) is 4.45. The number of nitrogens with zero attached hydrogens (tertiary/aromatic N) is 1. The molecule has 2 aliphatic heterocycles. The molecule has 1 N–H and O–H groups in total. The lowest BCUT2D eigenvalue weighted by atomic mass is 9.93. The molecule has 4 heteroatoms. The molecule has 2 saturated heterocycles. The summed E-state index contributed by atoms with van der Waals surface area (Å²) < 4.78 is 0. The van der Waals surface area contributed by atoms with Gasteiger partial charge in [0.2, 0.25) is 5.91 Å². The predicted octanol–water partition coefficient (Wildman–Crippen LogP) is 1.67. The first-order valence-corrected chi connectivity index (χ1v) is 6.27. The second kappa shape index (κ2) is 6.45. The second-order valence-electron chi connectivity index (χ2n) is 5.03. The van der Waals surface area contributed by atoms with Crippen LogP contribution in [0.4, 0.5) is 0 Å². The molecule has 0 aromatic rings. The number of hydrogen-bond acceptors (Lipinski definition) is 2. The highest BCUT2D eigenvalue weighted by molar-refractivity contribution is 5.85. The van der Waals surface area contributed by atoms with Crippen LogP contribution in [0.1, 0.15) is 32.6 Å². The molecule has 16 heavy (non-hydrogen) atoms. The molecular weight excluding hydrogens is 224 g/mol. The van der Waals surface area contributed by atoms with Crippen molar-refractivity contribution in [3.63, 3.8) is 0 Å². The highest BCUT2D eigenvalue weighted by Gasteiger charge is 2.27. The molecule has 0 atom stereocenters. The smallest absolute Gasteiger partial charge is 0.225 e. The van der Waals surface area contributed by atoms with Crippen LogP contribution in [-0.4, -0.2) is 37.0 Å². The maximum atomic E-state index is 12.2. The molecule has 1 amide bonds. The number of piperidine rings is 2. The number of rotatable bonds is 1. The van der Waals surface area contributed by atoms with Gasteiger partial charge in [-0.25, -0.2) is 0 Å². The summed E-state index contributed by atoms with van der Waals surface area (Å²) in [5, 5.41) is 3.31. The maximum absolute atomic E-state index is 12.2. The Bertz CT molecular complexity index is 221. The topological polar surface area (TPSA) is 32.3 Å². The van der Waals surface area contributed by atoms with E-state index >= 15 is 0 Å². The van der Waals surface area contributed by atoms with E-state index in [1.54, 1.807) is 0 Å². The number of hydrogen-bond donors (Lipinski definition) is 1. The van der Waals surface area contributed by atoms with E-state index in [4.69, 9.17) is 0 Å². The SMILES string of the molecule is CC1CCN(C(=O)C2CCNCC2)CC1.Cl. The Balaban J connectivity index is 0.00000128. The van der Waals surface area contributed by atoms with Crippen LogP contribution >= 0.6 is 12.4 Å². The molecule has 0 radical (unpaired) electrons. The molecule has 0 saturated carbocycles. The normalized spacial score (nSPS) is 23.9. The van der Waals surface area contributed by atoms with Crippen molar-refractivity contribution in [2.75, 3.05) is 26.2 Å². The molecule has 0 aromatic carbocycles. The van der Waals surface area contributed by atoms with E-state index in [0.717, 1.165) is 44.9 Å². The third-order valence-electron chi connectivity index (χ3n) is 3.78. The zero-order valence-electron chi connectivity index (χ0n) is 10.1. The van der Waals surface area contributed by atoms with Crippen molar-refractivity contribution < 1.29 is 4.79 Å². The quantitative estimate of drug-likeness (QED) is 0.764. The minimum Gasteiger partial charge on any atom is -0.342 e. The summed E-state index contributed by atoms with van der Waals surface area (Å²) in [4.78, 5) is 14.3. The molecule has 2 heterocycles. The van der Waals surface area contributed by atoms with Gasteiger partial charge in [0.25, 0.3) is 0 Å². The fraction of sp³-hybridized carbons (Fsp3) is 0.917. The molecule has 2 rings (SSSR count). The molecule has 94 valence electrons. The third-order valence-corrected chi connectivity index (χ3v) is 3.78. The van der Waals surface area contributed by atoms with Crippen molar-refractivity contribution in [2.24, 2.45) is 11.8 Å². The Morgan fingerprint density at radius 3 is 2.25 bits per heavy atom. The van der Waals surface area contributed by atoms with Crippen LogP contribution in [0, 0.1) is 11.8 Å². The molecule has 0 unspecified atom stereocenters. The van der Waals surface area contributed by atoms with Crippen molar-refractivity contribution in [1.82, 2.24) is 10.2 Å². The Hall–Kier alpha value is -0.280. The van der Waals surface area contributed by atoms with Crippen molar-refractivity contribution in [2.45, 2.75) is 32.6 Å². The highest BCUT2D eigenvalue weighted by Crippen LogP contribution is 2.21. The molecule has 2 fully saturated rings. The molecule has 0 spiro atoms. The van der Waals surface area contributed by atoms with E-state index < -0.39 is 0 Å². The van der Waals surface area contributed by atoms with Gasteiger partial charge >= 0.3 is 0 Å². The van der Waals surface area contributed by atoms with Gasteiger partial charge in [0.15, 0.2) is 0 Å². The summed E-state index contributed by atoms with van der Waals surface area (Å²) in [5.41, 5.74) is 0. The van der Waals surface area contributed by atoms with E-state index in [9.17, 15) is 4.79 Å². The van der Waals surface area contributed by atoms with Crippen LogP contribution in [0.25, 0.3) is 0 Å². The van der Waals surface area contributed by atoms with E-state index in [-0.39, 0.29) is 12.4 Å². The number of carbonyl (C=O) groups is 1. The number of halogens is 1. The summed E-state index contributed by atoms with van der Waals surface area (Å²) in [6.45, 7) is 6.29. The van der Waals surface area contributed by atoms with Crippen LogP contribution < -0.4 is 5.32 Å². The van der Waals surface area contributed by atoms with E-state index in [1.807, 2.05) is 0 Å². The lowest BCUT2D eigenvalue weighted by Crippen LogP contribution is -2.44. The zero-order chi connectivity index (χ0) is 10.7. The summed E-state index contributed by atoms with van der Waals surface area (Å²) in [7, 11) is 0. The van der Waals surface area contributed by atoms with Gasteiger partial charge in [0, 0.05) is 19.0 Å². The Kier molecular flexibility index (Phi) is 5.56. The average Bonchev–Trinajstić information content (AvgIpc) is 2.30. The summed E-state index contributed by atoms with van der Waals surface area (Å²) in [6, 6.07) is 0. The summed E-state index contributed by atoms with van der Waals surface area (Å²) in [5.74, 6) is 1.53. The van der Waals surface area contributed by atoms with Gasteiger partial charge in [-0.1, -0.05) is 6.92 Å². The first-order valence-electron chi connectivity index (χ1n) is 6.27. The Morgan fingerprint density at radius 1 is 1.12 bits per heavy atom. The first kappa shape index (κ1) is 13.8. The molecule has 0 aromatic heterocycles. The number of likely N-dealkylation sites (tertiary alicyclic amines) is 1. The van der Waals surface area contributed by atoms with Gasteiger partial charge < -0.3 is 10.2 Å². The van der Waals surface area contributed by atoms with Crippen molar-refractivity contribution in [3.8, 4) is 0 Å². The first-order chi connectivity index (χ1) is 7.27. The fourth-order valence-electron chi connectivity index (χ4n) is 2.56. The lowest BCUT2D eigenvalue weighted by Gasteiger charge is -2.34. The monoisotopic (exact) mass is 246 g/mol. The minimum absolute atomic E-state index is 0. The zero-order valence-corrected chi connectivity index (χ0v) is 10.9. The lowest BCUT2D eigenvalue weighted by molar-refractivity contribution is -0.137. The Morgan fingerprint density at radius 2 is 1.69 bits per heavy atom. The molecule has 3 nitrogen and oxygen atoms in total. The molecule has 2 aliphatic rings. The number of amides is 1. The molecule has 0 bridgehead atoms. The van der Waals surface area contributed by atoms with Crippen LogP contribution in [0.15, 0.2) is 0 Å². The van der Waals surface area contributed by atoms with Crippen molar-refractivity contribution in [3.05, 3.63) is 0 Å². The Labute approximate surface area is 104 Å². The number of carbonyl (C=O) groups excluding carboxylic acids is 1. The van der Waals surface area contributed by atoms with Crippen molar-refractivity contribution in [1.29, 1.82) is 0 Å². The van der Waals surface area contributed by atoms with E-state index in [2.05, 4.69) is 17.1 Å². The van der Waals surface area contributed by atoms with E-state index in [1.165, 1.54) is 12.8 Å². The highest BCUT2D eigenvalue weighted by atomic mass is 35.5. The van der Waals surface area contributed by atoms with Gasteiger partial charge in [0.05, 0.1) is 0 Å². The summed E-state index contributed by atoms with van der Waals surface area (Å²) >= 11 is 0. The largest absolute Gasteiger partial charge is 0.342 e. The van der Waals surface area contributed by atoms with Crippen molar-refractivity contribution >= 4 is 18.3 Å². The van der Waals surface area contributed by atoms with Gasteiger partial charge in [-0.05, 0) is 44.7 Å². The predicted molar refractivity (Wildman–Crippen MR) is 67.8 cm³/mol. The van der Waals surface area contributed by atoms with Crippen LogP contribution in [0.5, 0.6) is 0 Å². The fourth-order valence-corrected chi connectivity index (χ4v) is 2.56. The standard InChI is InChI=1S/C12H22N2O.ClH/c1-10-4-8-14(9-5-10)12(15)11-2-6-13-7-3-11;/h10-11,13H,2-9H2,1H3;1H. The minimum atomic E-state index is 0. The molecule has 0 aliphatic carbocycles. The molecular formula is C12H23ClN2O. The van der Waals surface area contributed by atoms with Crippen LogP contribution in [-0.2, 0) is 4.79 Å². The second-order valence-corrected chi connectivity index (χ2v) is 5.03. The maximum Gasteiger partial charge on any atom is 0.225 e. The van der Waals surface area contributed by atoms with Gasteiger partial charge in [-0.2, -0.15) is 0 Å². The van der Waals surface area contributed by atoms with Crippen LogP contribution in [0.3, 0.4) is 0 Å². The van der Waals surface area contributed by atoms with Crippen LogP contribution in [0.2, 0.25) is 0 Å².